The van der Waals surface area contributed by atoms with Crippen molar-refractivity contribution in [2.45, 2.75) is 57.8 Å². The van der Waals surface area contributed by atoms with Gasteiger partial charge in [0, 0.05) is 17.9 Å². The summed E-state index contributed by atoms with van der Waals surface area (Å²) in [6.45, 7) is 4.98. The molecule has 2 aliphatic rings. The maximum absolute atomic E-state index is 9.47. The number of aryl methyl sites for hydroxylation is 1. The van der Waals surface area contributed by atoms with Crippen LogP contribution >= 0.6 is 11.8 Å². The van der Waals surface area contributed by atoms with Crippen LogP contribution in [-0.4, -0.2) is 38.6 Å². The average Bonchev–Trinajstić information content (AvgIpc) is 2.74. The van der Waals surface area contributed by atoms with E-state index in [1.54, 1.807) is 0 Å². The fourth-order valence-electron chi connectivity index (χ4n) is 3.58. The lowest BCUT2D eigenvalue weighted by Gasteiger charge is -2.43. The topological polar surface area (TPSA) is 47.3 Å². The minimum Gasteiger partial charge on any atom is -0.392 e. The summed E-state index contributed by atoms with van der Waals surface area (Å²) >= 11 is 2.04. The molecule has 2 aliphatic heterocycles. The van der Waals surface area contributed by atoms with E-state index in [1.807, 2.05) is 18.7 Å². The number of thioether (sulfide) groups is 1. The van der Waals surface area contributed by atoms with Crippen molar-refractivity contribution >= 4 is 11.8 Å². The molecule has 20 heavy (non-hydrogen) atoms. The van der Waals surface area contributed by atoms with E-state index in [1.165, 1.54) is 24.3 Å². The van der Waals surface area contributed by atoms with E-state index in [4.69, 9.17) is 4.74 Å². The van der Waals surface area contributed by atoms with Gasteiger partial charge in [0.1, 0.15) is 0 Å². The Balaban J connectivity index is 1.83. The molecule has 0 amide bonds. The van der Waals surface area contributed by atoms with E-state index in [0.29, 0.717) is 6.04 Å². The molecule has 1 unspecified atom stereocenters. The molecule has 4 nitrogen and oxygen atoms in total. The molecule has 0 bridgehead atoms. The average molecular weight is 296 g/mol. The van der Waals surface area contributed by atoms with Gasteiger partial charge in [-0.1, -0.05) is 0 Å². The van der Waals surface area contributed by atoms with Crippen LogP contribution in [0.3, 0.4) is 0 Å². The first-order valence-electron chi connectivity index (χ1n) is 7.52. The predicted octanol–water partition coefficient (Wildman–Crippen LogP) is 2.61. The van der Waals surface area contributed by atoms with Gasteiger partial charge in [-0.25, -0.2) is 0 Å². The van der Waals surface area contributed by atoms with Gasteiger partial charge in [0.25, 0.3) is 0 Å². The Hall–Kier alpha value is -0.520. The summed E-state index contributed by atoms with van der Waals surface area (Å²) in [6.07, 6.45) is 4.43. The Morgan fingerprint density at radius 2 is 2.15 bits per heavy atom. The first kappa shape index (κ1) is 14.4. The number of rotatable bonds is 2. The highest BCUT2D eigenvalue weighted by molar-refractivity contribution is 7.99. The minimum absolute atomic E-state index is 0.0832. The fraction of sp³-hybridized carbons (Fsp3) is 0.800. The van der Waals surface area contributed by atoms with Crippen LogP contribution in [0.5, 0.6) is 0 Å². The number of ether oxygens (including phenoxy) is 1. The molecular weight excluding hydrogens is 272 g/mol. The van der Waals surface area contributed by atoms with Gasteiger partial charge in [0.05, 0.1) is 23.9 Å². The van der Waals surface area contributed by atoms with Crippen molar-refractivity contribution in [3.8, 4) is 0 Å². The Labute approximate surface area is 124 Å². The molecule has 1 atom stereocenters. The third-order valence-corrected chi connectivity index (χ3v) is 5.84. The molecule has 1 aromatic heterocycles. The summed E-state index contributed by atoms with van der Waals surface area (Å²) in [7, 11) is 0. The molecule has 5 heteroatoms. The van der Waals surface area contributed by atoms with Gasteiger partial charge in [-0.2, -0.15) is 16.9 Å². The quantitative estimate of drug-likeness (QED) is 0.911. The molecule has 0 saturated carbocycles. The van der Waals surface area contributed by atoms with Gasteiger partial charge in [-0.15, -0.1) is 0 Å². The van der Waals surface area contributed by atoms with Crippen LogP contribution in [0.15, 0.2) is 0 Å². The van der Waals surface area contributed by atoms with Gasteiger partial charge < -0.3 is 9.84 Å². The van der Waals surface area contributed by atoms with Crippen LogP contribution in [0.4, 0.5) is 0 Å². The lowest BCUT2D eigenvalue weighted by molar-refractivity contribution is -0.100. The Kier molecular flexibility index (Phi) is 4.11. The number of hydrogen-bond donors (Lipinski definition) is 1. The smallest absolute Gasteiger partial charge is 0.0718 e. The molecule has 2 saturated heterocycles. The van der Waals surface area contributed by atoms with E-state index in [2.05, 4.69) is 16.7 Å². The lowest BCUT2D eigenvalue weighted by Crippen LogP contribution is -2.43. The molecule has 3 heterocycles. The normalized spacial score (nSPS) is 26.1. The van der Waals surface area contributed by atoms with E-state index in [9.17, 15) is 5.11 Å². The SMILES string of the molecule is Cc1nn(C2CCOC3(CCSCC3)C2)c(C)c1CO. The molecule has 1 aromatic rings. The summed E-state index contributed by atoms with van der Waals surface area (Å²) < 4.78 is 8.30. The summed E-state index contributed by atoms with van der Waals surface area (Å²) in [4.78, 5) is 0. The monoisotopic (exact) mass is 296 g/mol. The Morgan fingerprint density at radius 1 is 1.40 bits per heavy atom. The third-order valence-electron chi connectivity index (χ3n) is 4.85. The second-order valence-electron chi connectivity index (χ2n) is 6.04. The van der Waals surface area contributed by atoms with Crippen LogP contribution < -0.4 is 0 Å². The molecule has 0 radical (unpaired) electrons. The molecule has 112 valence electrons. The number of aliphatic hydroxyl groups is 1. The van der Waals surface area contributed by atoms with Gasteiger partial charge in [-0.3, -0.25) is 4.68 Å². The van der Waals surface area contributed by atoms with E-state index >= 15 is 0 Å². The Bertz CT molecular complexity index is 475. The molecule has 1 N–H and O–H groups in total. The summed E-state index contributed by atoms with van der Waals surface area (Å²) in [6, 6.07) is 0.422. The lowest BCUT2D eigenvalue weighted by atomic mass is 9.85. The van der Waals surface area contributed by atoms with Crippen molar-refractivity contribution in [1.82, 2.24) is 9.78 Å². The van der Waals surface area contributed by atoms with Gasteiger partial charge in [0.2, 0.25) is 0 Å². The van der Waals surface area contributed by atoms with Crippen molar-refractivity contribution in [3.05, 3.63) is 17.0 Å². The van der Waals surface area contributed by atoms with Crippen molar-refractivity contribution in [2.24, 2.45) is 0 Å². The van der Waals surface area contributed by atoms with Gasteiger partial charge in [-0.05, 0) is 51.0 Å². The maximum Gasteiger partial charge on any atom is 0.0718 e. The number of nitrogens with zero attached hydrogens (tertiary/aromatic N) is 2. The standard InChI is InChI=1S/C15H24N2O2S/c1-11-14(10-18)12(2)17(16-11)13-3-6-19-15(9-13)4-7-20-8-5-15/h13,18H,3-10H2,1-2H3. The zero-order valence-corrected chi connectivity index (χ0v) is 13.2. The Morgan fingerprint density at radius 3 is 2.80 bits per heavy atom. The van der Waals surface area contributed by atoms with Crippen LogP contribution in [-0.2, 0) is 11.3 Å². The largest absolute Gasteiger partial charge is 0.392 e. The summed E-state index contributed by atoms with van der Waals surface area (Å²) in [5.74, 6) is 2.43. The number of aromatic nitrogens is 2. The fourth-order valence-corrected chi connectivity index (χ4v) is 4.82. The van der Waals surface area contributed by atoms with Crippen LogP contribution in [0.1, 0.15) is 48.7 Å². The minimum atomic E-state index is 0.0832. The highest BCUT2D eigenvalue weighted by Crippen LogP contribution is 2.41. The second-order valence-corrected chi connectivity index (χ2v) is 7.27. The van der Waals surface area contributed by atoms with E-state index in [0.717, 1.165) is 36.4 Å². The van der Waals surface area contributed by atoms with Crippen molar-refractivity contribution < 1.29 is 9.84 Å². The number of hydrogen-bond acceptors (Lipinski definition) is 4. The van der Waals surface area contributed by atoms with Crippen molar-refractivity contribution in [2.75, 3.05) is 18.1 Å². The summed E-state index contributed by atoms with van der Waals surface area (Å²) in [5.41, 5.74) is 3.16. The highest BCUT2D eigenvalue weighted by atomic mass is 32.2. The zero-order valence-electron chi connectivity index (χ0n) is 12.4. The third kappa shape index (κ3) is 2.51. The van der Waals surface area contributed by atoms with Crippen LogP contribution in [0.2, 0.25) is 0 Å². The second kappa shape index (κ2) is 5.70. The van der Waals surface area contributed by atoms with Crippen molar-refractivity contribution in [3.63, 3.8) is 0 Å². The summed E-state index contributed by atoms with van der Waals surface area (Å²) in [5, 5.41) is 14.2. The molecule has 1 spiro atoms. The maximum atomic E-state index is 9.47. The molecule has 3 rings (SSSR count). The zero-order chi connectivity index (χ0) is 14.2. The van der Waals surface area contributed by atoms with Crippen LogP contribution in [0, 0.1) is 13.8 Å². The highest BCUT2D eigenvalue weighted by Gasteiger charge is 2.40. The predicted molar refractivity (Wildman–Crippen MR) is 81.1 cm³/mol. The first-order chi connectivity index (χ1) is 9.65. The molecular formula is C15H24N2O2S. The van der Waals surface area contributed by atoms with Gasteiger partial charge in [0.15, 0.2) is 0 Å². The van der Waals surface area contributed by atoms with Crippen molar-refractivity contribution in [1.29, 1.82) is 0 Å². The van der Waals surface area contributed by atoms with Gasteiger partial charge >= 0.3 is 0 Å². The van der Waals surface area contributed by atoms with Crippen LogP contribution in [0.25, 0.3) is 0 Å². The molecule has 2 fully saturated rings. The first-order valence-corrected chi connectivity index (χ1v) is 8.68. The molecule has 0 aliphatic carbocycles. The molecule has 0 aromatic carbocycles. The van der Waals surface area contributed by atoms with E-state index < -0.39 is 0 Å². The van der Waals surface area contributed by atoms with E-state index in [-0.39, 0.29) is 12.2 Å². The number of aliphatic hydroxyl groups excluding tert-OH is 1.